The number of phenolic OH excluding ortho intramolecular Hbond substituents is 1. The Balaban J connectivity index is 2.02. The molecule has 1 aromatic heterocycles. The Bertz CT molecular complexity index is 1200. The number of alkyl halides is 3. The molecule has 3 aromatic rings. The summed E-state index contributed by atoms with van der Waals surface area (Å²) in [6, 6.07) is 11.5. The van der Waals surface area contributed by atoms with Crippen LogP contribution in [0, 0.1) is 18.3 Å². The number of hydrogen-bond donors (Lipinski definition) is 3. The molecule has 0 aliphatic heterocycles. The van der Waals surface area contributed by atoms with Crippen molar-refractivity contribution in [2.24, 2.45) is 10.2 Å². The van der Waals surface area contributed by atoms with Gasteiger partial charge in [-0.15, -0.1) is 10.2 Å². The van der Waals surface area contributed by atoms with E-state index in [1.807, 2.05) is 6.07 Å². The van der Waals surface area contributed by atoms with E-state index in [9.17, 15) is 23.5 Å². The fraction of sp³-hybridized carbons (Fsp3) is 0.100. The van der Waals surface area contributed by atoms with Gasteiger partial charge in [-0.05, 0) is 49.4 Å². The average molecular weight is 491 g/mol. The van der Waals surface area contributed by atoms with Crippen LogP contribution in [0.25, 0.3) is 0 Å². The van der Waals surface area contributed by atoms with Crippen LogP contribution in [0.15, 0.2) is 57.2 Å². The van der Waals surface area contributed by atoms with Crippen LogP contribution in [0.1, 0.15) is 16.7 Å². The van der Waals surface area contributed by atoms with Crippen molar-refractivity contribution in [3.8, 4) is 11.8 Å². The number of anilines is 3. The van der Waals surface area contributed by atoms with E-state index in [0.717, 1.165) is 6.07 Å². The van der Waals surface area contributed by atoms with Gasteiger partial charge in [0.1, 0.15) is 17.5 Å². The normalized spacial score (nSPS) is 11.5. The van der Waals surface area contributed by atoms with Gasteiger partial charge < -0.3 is 16.2 Å². The Labute approximate surface area is 183 Å². The molecule has 0 saturated heterocycles. The summed E-state index contributed by atoms with van der Waals surface area (Å²) in [7, 11) is 0. The molecule has 0 saturated carbocycles. The van der Waals surface area contributed by atoms with Gasteiger partial charge >= 0.3 is 6.18 Å². The second-order valence-electron chi connectivity index (χ2n) is 6.34. The Morgan fingerprint density at radius 2 is 1.84 bits per heavy atom. The summed E-state index contributed by atoms with van der Waals surface area (Å²) in [5, 5.41) is 29.4. The molecule has 0 atom stereocenters. The maximum absolute atomic E-state index is 13.3. The van der Waals surface area contributed by atoms with Gasteiger partial charge in [-0.1, -0.05) is 15.9 Å². The quantitative estimate of drug-likeness (QED) is 0.285. The maximum atomic E-state index is 13.3. The first-order valence-corrected chi connectivity index (χ1v) is 9.44. The predicted octanol–water partition coefficient (Wildman–Crippen LogP) is 6.49. The van der Waals surface area contributed by atoms with Gasteiger partial charge in [-0.2, -0.15) is 18.4 Å². The number of benzene rings is 2. The molecule has 0 radical (unpaired) electrons. The number of phenols is 1. The number of nitrogens with two attached hydrogens (primary N) is 1. The summed E-state index contributed by atoms with van der Waals surface area (Å²) in [4.78, 5) is 4.12. The lowest BCUT2D eigenvalue weighted by molar-refractivity contribution is -0.137. The SMILES string of the molecule is Cc1c(C#N)c(Nc2ccc(O)cc2)nc(N)c1N=Nc1ccc(Br)cc1C(F)(F)F. The highest BCUT2D eigenvalue weighted by molar-refractivity contribution is 9.10. The Morgan fingerprint density at radius 3 is 2.45 bits per heavy atom. The first-order chi connectivity index (χ1) is 14.6. The number of halogens is 4. The molecule has 0 spiro atoms. The van der Waals surface area contributed by atoms with E-state index in [-0.39, 0.29) is 33.1 Å². The van der Waals surface area contributed by atoms with Crippen molar-refractivity contribution >= 4 is 44.6 Å². The number of rotatable bonds is 4. The topological polar surface area (TPSA) is 120 Å². The van der Waals surface area contributed by atoms with Crippen LogP contribution in [-0.2, 0) is 6.18 Å². The molecule has 3 rings (SSSR count). The monoisotopic (exact) mass is 490 g/mol. The summed E-state index contributed by atoms with van der Waals surface area (Å²) in [6.45, 7) is 1.54. The Kier molecular flexibility index (Phi) is 6.12. The van der Waals surface area contributed by atoms with Gasteiger partial charge in [0.15, 0.2) is 11.6 Å². The highest BCUT2D eigenvalue weighted by atomic mass is 79.9. The number of nitrogens with zero attached hydrogens (tertiary/aromatic N) is 4. The van der Waals surface area contributed by atoms with Crippen LogP contribution in [0.5, 0.6) is 5.75 Å². The van der Waals surface area contributed by atoms with E-state index in [0.29, 0.717) is 11.3 Å². The molecule has 0 fully saturated rings. The van der Waals surface area contributed by atoms with Crippen molar-refractivity contribution in [3.05, 3.63) is 63.6 Å². The molecule has 1 heterocycles. The fourth-order valence-electron chi connectivity index (χ4n) is 2.68. The maximum Gasteiger partial charge on any atom is 0.418 e. The smallest absolute Gasteiger partial charge is 0.418 e. The number of azo groups is 1. The van der Waals surface area contributed by atoms with Crippen LogP contribution >= 0.6 is 15.9 Å². The largest absolute Gasteiger partial charge is 0.508 e. The van der Waals surface area contributed by atoms with Crippen molar-refractivity contribution in [2.75, 3.05) is 11.1 Å². The lowest BCUT2D eigenvalue weighted by Crippen LogP contribution is -2.05. The van der Waals surface area contributed by atoms with Gasteiger partial charge in [0, 0.05) is 15.7 Å². The molecule has 0 aliphatic rings. The second-order valence-corrected chi connectivity index (χ2v) is 7.25. The highest BCUT2D eigenvalue weighted by Gasteiger charge is 2.34. The number of nitriles is 1. The van der Waals surface area contributed by atoms with Gasteiger partial charge in [0.05, 0.1) is 16.8 Å². The second kappa shape index (κ2) is 8.61. The zero-order chi connectivity index (χ0) is 22.8. The van der Waals surface area contributed by atoms with Crippen LogP contribution in [-0.4, -0.2) is 10.1 Å². The van der Waals surface area contributed by atoms with Crippen molar-refractivity contribution in [1.82, 2.24) is 4.98 Å². The lowest BCUT2D eigenvalue weighted by atomic mass is 10.1. The van der Waals surface area contributed by atoms with Gasteiger partial charge in [0.2, 0.25) is 0 Å². The summed E-state index contributed by atoms with van der Waals surface area (Å²) in [6.07, 6.45) is -4.63. The van der Waals surface area contributed by atoms with Crippen molar-refractivity contribution < 1.29 is 18.3 Å². The van der Waals surface area contributed by atoms with Gasteiger partial charge in [0.25, 0.3) is 0 Å². The minimum atomic E-state index is -4.63. The number of pyridine rings is 1. The summed E-state index contributed by atoms with van der Waals surface area (Å²) in [5.41, 5.74) is 5.50. The predicted molar refractivity (Wildman–Crippen MR) is 113 cm³/mol. The molecule has 11 heteroatoms. The van der Waals surface area contributed by atoms with E-state index in [1.54, 1.807) is 19.1 Å². The molecule has 0 unspecified atom stereocenters. The third-order valence-electron chi connectivity index (χ3n) is 4.21. The highest BCUT2D eigenvalue weighted by Crippen LogP contribution is 2.40. The fourth-order valence-corrected chi connectivity index (χ4v) is 3.04. The summed E-state index contributed by atoms with van der Waals surface area (Å²) >= 11 is 3.01. The van der Waals surface area contributed by atoms with E-state index in [2.05, 4.69) is 36.5 Å². The molecule has 0 amide bonds. The molecule has 0 bridgehead atoms. The summed E-state index contributed by atoms with van der Waals surface area (Å²) < 4.78 is 40.1. The first kappa shape index (κ1) is 22.0. The molecular formula is C20H14BrF3N6O. The van der Waals surface area contributed by atoms with E-state index in [1.165, 1.54) is 24.3 Å². The molecule has 7 nitrogen and oxygen atoms in total. The van der Waals surface area contributed by atoms with Crippen molar-refractivity contribution in [2.45, 2.75) is 13.1 Å². The Hall–Kier alpha value is -3.65. The number of nitrogen functional groups attached to an aromatic ring is 1. The number of aromatic hydroxyl groups is 1. The van der Waals surface area contributed by atoms with Crippen molar-refractivity contribution in [3.63, 3.8) is 0 Å². The molecule has 4 N–H and O–H groups in total. The van der Waals surface area contributed by atoms with Crippen LogP contribution < -0.4 is 11.1 Å². The van der Waals surface area contributed by atoms with E-state index >= 15 is 0 Å². The van der Waals surface area contributed by atoms with Crippen LogP contribution in [0.3, 0.4) is 0 Å². The van der Waals surface area contributed by atoms with E-state index in [4.69, 9.17) is 5.73 Å². The third kappa shape index (κ3) is 4.92. The molecular weight excluding hydrogens is 477 g/mol. The lowest BCUT2D eigenvalue weighted by Gasteiger charge is -2.13. The minimum absolute atomic E-state index is 0.0103. The minimum Gasteiger partial charge on any atom is -0.508 e. The van der Waals surface area contributed by atoms with Crippen LogP contribution in [0.2, 0.25) is 0 Å². The van der Waals surface area contributed by atoms with Gasteiger partial charge in [-0.3, -0.25) is 0 Å². The molecule has 158 valence electrons. The molecule has 31 heavy (non-hydrogen) atoms. The number of nitrogens with one attached hydrogen (secondary N) is 1. The zero-order valence-corrected chi connectivity index (χ0v) is 17.5. The average Bonchev–Trinajstić information content (AvgIpc) is 2.70. The van der Waals surface area contributed by atoms with Gasteiger partial charge in [-0.25, -0.2) is 4.98 Å². The van der Waals surface area contributed by atoms with Crippen molar-refractivity contribution in [1.29, 1.82) is 5.26 Å². The van der Waals surface area contributed by atoms with E-state index < -0.39 is 17.4 Å². The molecule has 0 aliphatic carbocycles. The number of aromatic nitrogens is 1. The number of hydrogen-bond acceptors (Lipinski definition) is 7. The molecule has 2 aromatic carbocycles. The standard InChI is InChI=1S/C20H14BrF3N6O/c1-10-14(9-25)19(27-12-3-5-13(31)6-4-12)28-18(26)17(10)30-29-16-7-2-11(21)8-15(16)20(22,23)24/h2-8,31H,1H3,(H3,26,27,28). The Morgan fingerprint density at radius 1 is 1.16 bits per heavy atom. The van der Waals surface area contributed by atoms with Crippen LogP contribution in [0.4, 0.5) is 41.9 Å². The first-order valence-electron chi connectivity index (χ1n) is 8.65. The summed E-state index contributed by atoms with van der Waals surface area (Å²) in [5.74, 6) is 0.0885. The zero-order valence-electron chi connectivity index (χ0n) is 15.9. The third-order valence-corrected chi connectivity index (χ3v) is 4.70.